The zero-order valence-electron chi connectivity index (χ0n) is 11.8. The molecule has 1 atom stereocenters. The van der Waals surface area contributed by atoms with Gasteiger partial charge in [-0.15, -0.1) is 0 Å². The Balaban J connectivity index is 2.39. The number of nitrogens with zero attached hydrogens (tertiary/aromatic N) is 1. The van der Waals surface area contributed by atoms with Crippen LogP contribution >= 0.6 is 11.6 Å². The first-order chi connectivity index (χ1) is 8.89. The predicted molar refractivity (Wildman–Crippen MR) is 78.0 cm³/mol. The topological polar surface area (TPSA) is 15.3 Å². The molecular weight excluding hydrogens is 263 g/mol. The summed E-state index contributed by atoms with van der Waals surface area (Å²) in [5.41, 5.74) is 0.908. The molecule has 0 spiro atoms. The average Bonchev–Trinajstić information content (AvgIpc) is 2.33. The Kier molecular flexibility index (Phi) is 4.49. The van der Waals surface area contributed by atoms with Crippen LogP contribution in [0.4, 0.5) is 4.39 Å². The standard InChI is InChI=1S/C15H22ClFN2/c1-15(2,3)14(19-8-6-18-7-9-19)12-10-11(17)4-5-13(12)16/h4-5,10,14,18H,6-9H2,1-3H3/t14-/m1/s1. The van der Waals surface area contributed by atoms with Gasteiger partial charge in [0.05, 0.1) is 0 Å². The lowest BCUT2D eigenvalue weighted by Crippen LogP contribution is -2.48. The van der Waals surface area contributed by atoms with Crippen LogP contribution in [0.5, 0.6) is 0 Å². The maximum Gasteiger partial charge on any atom is 0.123 e. The van der Waals surface area contributed by atoms with E-state index < -0.39 is 0 Å². The number of rotatable bonds is 2. The van der Waals surface area contributed by atoms with Gasteiger partial charge in [-0.05, 0) is 29.2 Å². The van der Waals surface area contributed by atoms with Gasteiger partial charge in [-0.25, -0.2) is 4.39 Å². The molecule has 1 saturated heterocycles. The van der Waals surface area contributed by atoms with Crippen molar-refractivity contribution in [1.82, 2.24) is 10.2 Å². The molecule has 19 heavy (non-hydrogen) atoms. The van der Waals surface area contributed by atoms with Gasteiger partial charge >= 0.3 is 0 Å². The Bertz CT molecular complexity index is 436. The second-order valence-corrected chi connectivity index (χ2v) is 6.63. The molecule has 1 aliphatic heterocycles. The van der Waals surface area contributed by atoms with Crippen LogP contribution in [-0.4, -0.2) is 31.1 Å². The molecular formula is C15H22ClFN2. The molecule has 2 nitrogen and oxygen atoms in total. The first-order valence-electron chi connectivity index (χ1n) is 6.79. The average molecular weight is 285 g/mol. The SMILES string of the molecule is CC(C)(C)[C@@H](c1cc(F)ccc1Cl)N1CCNCC1. The van der Waals surface area contributed by atoms with E-state index >= 15 is 0 Å². The quantitative estimate of drug-likeness (QED) is 0.895. The van der Waals surface area contributed by atoms with Gasteiger partial charge in [-0.2, -0.15) is 0 Å². The van der Waals surface area contributed by atoms with E-state index in [1.54, 1.807) is 12.1 Å². The summed E-state index contributed by atoms with van der Waals surface area (Å²) in [5.74, 6) is -0.219. The van der Waals surface area contributed by atoms with Crippen molar-refractivity contribution >= 4 is 11.6 Å². The monoisotopic (exact) mass is 284 g/mol. The van der Waals surface area contributed by atoms with E-state index in [9.17, 15) is 4.39 Å². The number of nitrogens with one attached hydrogen (secondary N) is 1. The van der Waals surface area contributed by atoms with E-state index in [0.29, 0.717) is 5.02 Å². The van der Waals surface area contributed by atoms with Crippen LogP contribution < -0.4 is 5.32 Å². The van der Waals surface area contributed by atoms with Crippen molar-refractivity contribution in [2.24, 2.45) is 5.41 Å². The first-order valence-corrected chi connectivity index (χ1v) is 7.17. The van der Waals surface area contributed by atoms with Crippen molar-refractivity contribution in [3.05, 3.63) is 34.6 Å². The van der Waals surface area contributed by atoms with E-state index in [2.05, 4.69) is 31.0 Å². The Morgan fingerprint density at radius 2 is 1.89 bits per heavy atom. The summed E-state index contributed by atoms with van der Waals surface area (Å²) in [6.07, 6.45) is 0. The molecule has 1 aromatic rings. The molecule has 0 amide bonds. The highest BCUT2D eigenvalue weighted by atomic mass is 35.5. The lowest BCUT2D eigenvalue weighted by molar-refractivity contribution is 0.0861. The number of halogens is 2. The van der Waals surface area contributed by atoms with Gasteiger partial charge in [0.2, 0.25) is 0 Å². The summed E-state index contributed by atoms with van der Waals surface area (Å²) in [7, 11) is 0. The Morgan fingerprint density at radius 3 is 2.47 bits per heavy atom. The number of piperazine rings is 1. The van der Waals surface area contributed by atoms with Gasteiger partial charge in [-0.1, -0.05) is 32.4 Å². The molecule has 2 rings (SSSR count). The maximum atomic E-state index is 13.6. The second kappa shape index (κ2) is 5.78. The molecule has 0 aromatic heterocycles. The first kappa shape index (κ1) is 14.8. The highest BCUT2D eigenvalue weighted by Crippen LogP contribution is 2.41. The van der Waals surface area contributed by atoms with Gasteiger partial charge in [-0.3, -0.25) is 4.90 Å². The summed E-state index contributed by atoms with van der Waals surface area (Å²) >= 11 is 6.31. The van der Waals surface area contributed by atoms with E-state index in [-0.39, 0.29) is 17.3 Å². The third-order valence-electron chi connectivity index (χ3n) is 3.59. The fraction of sp³-hybridized carbons (Fsp3) is 0.600. The van der Waals surface area contributed by atoms with Gasteiger partial charge < -0.3 is 5.32 Å². The van der Waals surface area contributed by atoms with Crippen LogP contribution in [0.2, 0.25) is 5.02 Å². The molecule has 0 bridgehead atoms. The van der Waals surface area contributed by atoms with E-state index in [1.807, 2.05) is 0 Å². The Morgan fingerprint density at radius 1 is 1.26 bits per heavy atom. The summed E-state index contributed by atoms with van der Waals surface area (Å²) in [4.78, 5) is 2.40. The van der Waals surface area contributed by atoms with Gasteiger partial charge in [0.25, 0.3) is 0 Å². The number of hydrogen-bond donors (Lipinski definition) is 1. The normalized spacial score (nSPS) is 19.4. The van der Waals surface area contributed by atoms with Crippen molar-refractivity contribution in [2.75, 3.05) is 26.2 Å². The van der Waals surface area contributed by atoms with Crippen molar-refractivity contribution in [2.45, 2.75) is 26.8 Å². The zero-order chi connectivity index (χ0) is 14.0. The summed E-state index contributed by atoms with van der Waals surface area (Å²) in [6.45, 7) is 10.4. The summed E-state index contributed by atoms with van der Waals surface area (Å²) in [5, 5.41) is 4.00. The molecule has 1 fully saturated rings. The minimum Gasteiger partial charge on any atom is -0.314 e. The molecule has 0 aliphatic carbocycles. The fourth-order valence-electron chi connectivity index (χ4n) is 2.88. The zero-order valence-corrected chi connectivity index (χ0v) is 12.6. The molecule has 1 heterocycles. The van der Waals surface area contributed by atoms with Crippen molar-refractivity contribution in [1.29, 1.82) is 0 Å². The summed E-state index contributed by atoms with van der Waals surface area (Å²) in [6, 6.07) is 4.80. The minimum atomic E-state index is -0.219. The van der Waals surface area contributed by atoms with Crippen LogP contribution in [0.25, 0.3) is 0 Å². The van der Waals surface area contributed by atoms with E-state index in [0.717, 1.165) is 31.7 Å². The third kappa shape index (κ3) is 3.47. The number of hydrogen-bond acceptors (Lipinski definition) is 2. The minimum absolute atomic E-state index is 0.00870. The molecule has 1 aromatic carbocycles. The lowest BCUT2D eigenvalue weighted by atomic mass is 9.81. The van der Waals surface area contributed by atoms with Crippen molar-refractivity contribution in [3.8, 4) is 0 Å². The van der Waals surface area contributed by atoms with Crippen LogP contribution in [0.3, 0.4) is 0 Å². The van der Waals surface area contributed by atoms with Crippen LogP contribution in [0.1, 0.15) is 32.4 Å². The van der Waals surface area contributed by atoms with Gasteiger partial charge in [0, 0.05) is 37.2 Å². The summed E-state index contributed by atoms with van der Waals surface area (Å²) < 4.78 is 13.6. The van der Waals surface area contributed by atoms with Crippen LogP contribution in [0, 0.1) is 11.2 Å². The molecule has 0 unspecified atom stereocenters. The fourth-order valence-corrected chi connectivity index (χ4v) is 3.10. The van der Waals surface area contributed by atoms with E-state index in [1.165, 1.54) is 6.07 Å². The van der Waals surface area contributed by atoms with Gasteiger partial charge in [0.1, 0.15) is 5.82 Å². The molecule has 4 heteroatoms. The predicted octanol–water partition coefficient (Wildman–Crippen LogP) is 3.47. The van der Waals surface area contributed by atoms with Gasteiger partial charge in [0.15, 0.2) is 0 Å². The van der Waals surface area contributed by atoms with Crippen LogP contribution in [-0.2, 0) is 0 Å². The maximum absolute atomic E-state index is 13.6. The molecule has 1 N–H and O–H groups in total. The highest BCUT2D eigenvalue weighted by molar-refractivity contribution is 6.31. The number of benzene rings is 1. The van der Waals surface area contributed by atoms with E-state index in [4.69, 9.17) is 11.6 Å². The van der Waals surface area contributed by atoms with Crippen LogP contribution in [0.15, 0.2) is 18.2 Å². The van der Waals surface area contributed by atoms with Crippen molar-refractivity contribution < 1.29 is 4.39 Å². The van der Waals surface area contributed by atoms with Crippen molar-refractivity contribution in [3.63, 3.8) is 0 Å². The molecule has 106 valence electrons. The third-order valence-corrected chi connectivity index (χ3v) is 3.93. The molecule has 1 aliphatic rings. The lowest BCUT2D eigenvalue weighted by Gasteiger charge is -2.43. The highest BCUT2D eigenvalue weighted by Gasteiger charge is 2.33. The Hall–Kier alpha value is -0.640. The smallest absolute Gasteiger partial charge is 0.123 e. The second-order valence-electron chi connectivity index (χ2n) is 6.22. The molecule has 0 saturated carbocycles. The Labute approximate surface area is 119 Å². The largest absolute Gasteiger partial charge is 0.314 e. The molecule has 0 radical (unpaired) electrons.